The van der Waals surface area contributed by atoms with E-state index in [0.29, 0.717) is 0 Å². The van der Waals surface area contributed by atoms with E-state index in [0.717, 1.165) is 10.5 Å². The lowest BCUT2D eigenvalue weighted by atomic mass is 10.0. The van der Waals surface area contributed by atoms with E-state index < -0.39 is 103 Å². The largest absolute Gasteiger partial charge is 0.481 e. The van der Waals surface area contributed by atoms with Gasteiger partial charge in [-0.05, 0) is 51.0 Å². The van der Waals surface area contributed by atoms with E-state index in [4.69, 9.17) is 10.8 Å². The molecule has 59 heavy (non-hydrogen) atoms. The highest BCUT2D eigenvalue weighted by atomic mass is 16.4. The Hall–Kier alpha value is -5.59. The molecule has 19 nitrogen and oxygen atoms in total. The normalized spacial score (nSPS) is 14.1. The number of likely N-dealkylation sites (N-methyl/N-ethyl adjacent to an activating group) is 3. The summed E-state index contributed by atoms with van der Waals surface area (Å²) in [5.74, 6) is -6.07. The maximum absolute atomic E-state index is 13.6. The molecule has 0 fully saturated rings. The summed E-state index contributed by atoms with van der Waals surface area (Å²) in [5.41, 5.74) is 6.57. The second kappa shape index (κ2) is 25.0. The molecule has 6 atom stereocenters. The molecule has 0 saturated carbocycles. The van der Waals surface area contributed by atoms with E-state index in [2.05, 4.69) is 26.6 Å². The van der Waals surface area contributed by atoms with Crippen molar-refractivity contribution >= 4 is 53.2 Å². The third kappa shape index (κ3) is 17.8. The molecule has 1 rings (SSSR count). The molecule has 0 saturated heterocycles. The van der Waals surface area contributed by atoms with Crippen molar-refractivity contribution in [2.45, 2.75) is 110 Å². The van der Waals surface area contributed by atoms with Gasteiger partial charge < -0.3 is 52.1 Å². The van der Waals surface area contributed by atoms with E-state index in [1.54, 1.807) is 24.3 Å². The zero-order valence-electron chi connectivity index (χ0n) is 36.0. The maximum Gasteiger partial charge on any atom is 0.305 e. The monoisotopic (exact) mass is 831 g/mol. The number of benzene rings is 1. The molecule has 0 spiro atoms. The second-order valence-corrected chi connectivity index (χ2v) is 15.6. The molecule has 0 bridgehead atoms. The number of aliphatic carboxylic acids is 1. The average Bonchev–Trinajstić information content (AvgIpc) is 3.17. The number of carboxylic acids is 1. The van der Waals surface area contributed by atoms with E-state index in [-0.39, 0.29) is 44.1 Å². The zero-order chi connectivity index (χ0) is 45.1. The number of carbonyl (C=O) groups is 9. The molecule has 0 aliphatic carbocycles. The minimum atomic E-state index is -1.14. The van der Waals surface area contributed by atoms with Crippen LogP contribution in [0.1, 0.15) is 73.3 Å². The number of hydrogen-bond donors (Lipinski definition) is 7. The number of carbonyl (C=O) groups excluding carboxylic acids is 8. The van der Waals surface area contributed by atoms with Crippen molar-refractivity contribution in [2.75, 3.05) is 40.8 Å². The van der Waals surface area contributed by atoms with Crippen molar-refractivity contribution in [3.63, 3.8) is 0 Å². The number of hydrogen-bond acceptors (Lipinski definition) is 10. The molecule has 0 heterocycles. The third-order valence-electron chi connectivity index (χ3n) is 9.51. The van der Waals surface area contributed by atoms with Crippen molar-refractivity contribution in [3.8, 4) is 0 Å². The highest BCUT2D eigenvalue weighted by molar-refractivity contribution is 5.96. The van der Waals surface area contributed by atoms with Crippen LogP contribution in [0.25, 0.3) is 0 Å². The highest BCUT2D eigenvalue weighted by Gasteiger charge is 2.34. The van der Waals surface area contributed by atoms with Crippen LogP contribution >= 0.6 is 0 Å². The molecular weight excluding hydrogens is 766 g/mol. The summed E-state index contributed by atoms with van der Waals surface area (Å²) in [7, 11) is 4.23. The average molecular weight is 832 g/mol. The molecule has 0 aliphatic rings. The first-order valence-electron chi connectivity index (χ1n) is 19.7. The maximum atomic E-state index is 13.6. The van der Waals surface area contributed by atoms with Crippen LogP contribution in [0.4, 0.5) is 0 Å². The van der Waals surface area contributed by atoms with Crippen molar-refractivity contribution in [2.24, 2.45) is 17.6 Å². The Morgan fingerprint density at radius 1 is 0.644 bits per heavy atom. The van der Waals surface area contributed by atoms with Crippen molar-refractivity contribution in [1.29, 1.82) is 0 Å². The van der Waals surface area contributed by atoms with Crippen LogP contribution in [0, 0.1) is 11.8 Å². The van der Waals surface area contributed by atoms with Gasteiger partial charge in [0.05, 0.1) is 25.6 Å². The topological polar surface area (TPSA) is 270 Å². The second-order valence-electron chi connectivity index (χ2n) is 15.6. The number of carboxylic acid groups (broad SMARTS) is 1. The number of nitrogens with one attached hydrogen (secondary N) is 5. The Bertz CT molecular complexity index is 1620. The molecule has 19 heteroatoms. The van der Waals surface area contributed by atoms with Crippen LogP contribution in [-0.4, -0.2) is 150 Å². The lowest BCUT2D eigenvalue weighted by Crippen LogP contribution is -2.58. The molecule has 1 aromatic carbocycles. The molecule has 0 unspecified atom stereocenters. The van der Waals surface area contributed by atoms with E-state index >= 15 is 0 Å². The zero-order valence-corrected chi connectivity index (χ0v) is 36.0. The number of amides is 8. The fraction of sp³-hybridized carbons (Fsp3) is 0.625. The van der Waals surface area contributed by atoms with Gasteiger partial charge in [-0.3, -0.25) is 43.2 Å². The van der Waals surface area contributed by atoms with Crippen LogP contribution in [0.5, 0.6) is 0 Å². The molecular formula is C40H65N9O10. The smallest absolute Gasteiger partial charge is 0.305 e. The minimum Gasteiger partial charge on any atom is -0.481 e. The minimum absolute atomic E-state index is 0.0432. The quantitative estimate of drug-likeness (QED) is 0.0663. The predicted molar refractivity (Wildman–Crippen MR) is 219 cm³/mol. The summed E-state index contributed by atoms with van der Waals surface area (Å²) in [5, 5.41) is 21.5. The van der Waals surface area contributed by atoms with Crippen molar-refractivity contribution in [1.82, 2.24) is 41.3 Å². The Morgan fingerprint density at radius 3 is 1.73 bits per heavy atom. The summed E-state index contributed by atoms with van der Waals surface area (Å²) >= 11 is 0. The van der Waals surface area contributed by atoms with Gasteiger partial charge in [-0.15, -0.1) is 0 Å². The SMILES string of the molecule is CC(C)C[C@H](NC(=O)[C@H](C)N(C)C(=O)CNC(=O)[C@H](Cc1ccccc1)N(C)C(=O)[C@H](C)N)C(=O)N[C@@H](C)C(=O)N(C)[C@@H](CC(C)C)C(=O)NCC(=O)NCCC(=O)O. The molecule has 1 aromatic rings. The Kier molecular flexibility index (Phi) is 21.8. The van der Waals surface area contributed by atoms with Gasteiger partial charge in [-0.1, -0.05) is 58.0 Å². The van der Waals surface area contributed by atoms with Crippen molar-refractivity contribution < 1.29 is 48.3 Å². The van der Waals surface area contributed by atoms with Crippen LogP contribution in [-0.2, 0) is 49.6 Å². The summed E-state index contributed by atoms with van der Waals surface area (Å²) in [6.45, 7) is 10.7. The molecule has 0 aromatic heterocycles. The standard InChI is InChI=1S/C40H65N9O10/c1-23(2)18-29(36(55)45-26(6)40(59)49(10)30(19-24(3)4)37(56)43-21-32(50)42-17-16-34(52)53)46-35(54)27(7)47(8)33(51)22-44-38(57)31(48(9)39(58)25(5)41)20-28-14-12-11-13-15-28/h11-15,23-27,29-31H,16-22,41H2,1-10H3,(H,42,50)(H,43,56)(H,44,57)(H,45,55)(H,46,54)(H,52,53)/t25-,26-,27-,29-,30-,31-/m0/s1. The van der Waals surface area contributed by atoms with Gasteiger partial charge in [0, 0.05) is 34.1 Å². The van der Waals surface area contributed by atoms with Gasteiger partial charge in [0.2, 0.25) is 47.3 Å². The Morgan fingerprint density at radius 2 is 1.19 bits per heavy atom. The molecule has 330 valence electrons. The predicted octanol–water partition coefficient (Wildman–Crippen LogP) is -1.02. The Labute approximate surface area is 346 Å². The molecule has 0 radical (unpaired) electrons. The molecule has 0 aliphatic heterocycles. The number of nitrogens with two attached hydrogens (primary N) is 1. The summed E-state index contributed by atoms with van der Waals surface area (Å²) < 4.78 is 0. The first kappa shape index (κ1) is 51.4. The van der Waals surface area contributed by atoms with Gasteiger partial charge in [-0.2, -0.15) is 0 Å². The highest BCUT2D eigenvalue weighted by Crippen LogP contribution is 2.14. The van der Waals surface area contributed by atoms with Crippen LogP contribution in [0.3, 0.4) is 0 Å². The van der Waals surface area contributed by atoms with Crippen LogP contribution in [0.2, 0.25) is 0 Å². The fourth-order valence-corrected chi connectivity index (χ4v) is 5.89. The van der Waals surface area contributed by atoms with Crippen LogP contribution in [0.15, 0.2) is 30.3 Å². The van der Waals surface area contributed by atoms with Gasteiger partial charge in [0.25, 0.3) is 0 Å². The van der Waals surface area contributed by atoms with E-state index in [1.165, 1.54) is 51.7 Å². The van der Waals surface area contributed by atoms with E-state index in [9.17, 15) is 43.2 Å². The first-order chi connectivity index (χ1) is 27.5. The Balaban J connectivity index is 2.98. The molecule has 8 amide bonds. The number of rotatable bonds is 24. The summed E-state index contributed by atoms with van der Waals surface area (Å²) in [4.78, 5) is 119. The number of nitrogens with zero attached hydrogens (tertiary/aromatic N) is 3. The lowest BCUT2D eigenvalue weighted by molar-refractivity contribution is -0.143. The first-order valence-corrected chi connectivity index (χ1v) is 19.7. The van der Waals surface area contributed by atoms with Crippen molar-refractivity contribution in [3.05, 3.63) is 35.9 Å². The van der Waals surface area contributed by atoms with Crippen LogP contribution < -0.4 is 32.3 Å². The van der Waals surface area contributed by atoms with Gasteiger partial charge in [0.1, 0.15) is 30.2 Å². The lowest BCUT2D eigenvalue weighted by Gasteiger charge is -2.32. The third-order valence-corrected chi connectivity index (χ3v) is 9.51. The summed E-state index contributed by atoms with van der Waals surface area (Å²) in [6, 6.07) is 2.83. The summed E-state index contributed by atoms with van der Waals surface area (Å²) in [6.07, 6.45) is 0.286. The van der Waals surface area contributed by atoms with E-state index in [1.807, 2.05) is 33.8 Å². The van der Waals surface area contributed by atoms with Gasteiger partial charge >= 0.3 is 5.97 Å². The van der Waals surface area contributed by atoms with Gasteiger partial charge in [-0.25, -0.2) is 0 Å². The van der Waals surface area contributed by atoms with Gasteiger partial charge in [0.15, 0.2) is 0 Å². The molecule has 8 N–H and O–H groups in total. The fourth-order valence-electron chi connectivity index (χ4n) is 5.89.